The largest absolute Gasteiger partial charge is 0.379 e. The third kappa shape index (κ3) is 3.70. The number of rotatable bonds is 5. The molecule has 0 radical (unpaired) electrons. The van der Waals surface area contributed by atoms with Gasteiger partial charge in [0.1, 0.15) is 17.0 Å². The number of benzene rings is 1. The van der Waals surface area contributed by atoms with Gasteiger partial charge in [-0.05, 0) is 31.9 Å². The lowest BCUT2D eigenvalue weighted by Gasteiger charge is -2.41. The lowest BCUT2D eigenvalue weighted by molar-refractivity contribution is -0.00569. The Morgan fingerprint density at radius 2 is 1.89 bits per heavy atom. The lowest BCUT2D eigenvalue weighted by atomic mass is 10.0. The van der Waals surface area contributed by atoms with Crippen molar-refractivity contribution >= 4 is 27.4 Å². The van der Waals surface area contributed by atoms with E-state index in [0.29, 0.717) is 0 Å². The van der Waals surface area contributed by atoms with Crippen LogP contribution in [0, 0.1) is 6.92 Å². The molecule has 0 amide bonds. The zero-order valence-electron chi connectivity index (χ0n) is 16.2. The first-order valence-electron chi connectivity index (χ1n) is 9.42. The van der Waals surface area contributed by atoms with Gasteiger partial charge in [0.25, 0.3) is 0 Å². The summed E-state index contributed by atoms with van der Waals surface area (Å²) in [7, 11) is 0. The SMILES string of the molecule is Cc1c(-c2ccccc2)sc2ncnc(NCC(C)(C)N3CCOCC3)c12. The van der Waals surface area contributed by atoms with Crippen molar-refractivity contribution in [2.24, 2.45) is 0 Å². The van der Waals surface area contributed by atoms with Gasteiger partial charge in [-0.25, -0.2) is 9.97 Å². The van der Waals surface area contributed by atoms with Crippen LogP contribution in [0.25, 0.3) is 20.7 Å². The van der Waals surface area contributed by atoms with Crippen LogP contribution >= 0.6 is 11.3 Å². The Balaban J connectivity index is 1.61. The van der Waals surface area contributed by atoms with Crippen LogP contribution in [-0.4, -0.2) is 53.3 Å². The molecule has 1 aliphatic heterocycles. The molecule has 2 aromatic heterocycles. The van der Waals surface area contributed by atoms with Crippen LogP contribution in [0.15, 0.2) is 36.7 Å². The van der Waals surface area contributed by atoms with Crippen molar-refractivity contribution in [1.82, 2.24) is 14.9 Å². The fraction of sp³-hybridized carbons (Fsp3) is 0.429. The van der Waals surface area contributed by atoms with Gasteiger partial charge >= 0.3 is 0 Å². The van der Waals surface area contributed by atoms with Gasteiger partial charge < -0.3 is 10.1 Å². The first-order chi connectivity index (χ1) is 13.1. The normalized spacial score (nSPS) is 16.0. The Morgan fingerprint density at radius 3 is 2.63 bits per heavy atom. The van der Waals surface area contributed by atoms with Crippen LogP contribution in [0.5, 0.6) is 0 Å². The van der Waals surface area contributed by atoms with Crippen molar-refractivity contribution in [2.75, 3.05) is 38.2 Å². The van der Waals surface area contributed by atoms with E-state index in [1.165, 1.54) is 16.0 Å². The number of aromatic nitrogens is 2. The zero-order chi connectivity index (χ0) is 18.9. The van der Waals surface area contributed by atoms with Crippen molar-refractivity contribution in [3.63, 3.8) is 0 Å². The number of hydrogen-bond acceptors (Lipinski definition) is 6. The molecule has 0 bridgehead atoms. The van der Waals surface area contributed by atoms with E-state index in [1.54, 1.807) is 17.7 Å². The number of nitrogens with zero attached hydrogens (tertiary/aromatic N) is 3. The molecule has 0 atom stereocenters. The highest BCUT2D eigenvalue weighted by atomic mass is 32.1. The summed E-state index contributed by atoms with van der Waals surface area (Å²) in [6.45, 7) is 11.1. The van der Waals surface area contributed by atoms with Crippen LogP contribution in [0.1, 0.15) is 19.4 Å². The molecule has 1 N–H and O–H groups in total. The number of ether oxygens (including phenoxy) is 1. The van der Waals surface area contributed by atoms with Crippen molar-refractivity contribution < 1.29 is 4.74 Å². The molecule has 3 aromatic rings. The van der Waals surface area contributed by atoms with Crippen LogP contribution in [0.4, 0.5) is 5.82 Å². The third-order valence-electron chi connectivity index (χ3n) is 5.32. The number of anilines is 1. The Labute approximate surface area is 164 Å². The van der Waals surface area contributed by atoms with E-state index < -0.39 is 0 Å². The van der Waals surface area contributed by atoms with E-state index in [4.69, 9.17) is 4.74 Å². The van der Waals surface area contributed by atoms with E-state index in [0.717, 1.165) is 48.9 Å². The molecule has 142 valence electrons. The molecule has 0 unspecified atom stereocenters. The second-order valence-electron chi connectivity index (χ2n) is 7.59. The smallest absolute Gasteiger partial charge is 0.138 e. The van der Waals surface area contributed by atoms with E-state index >= 15 is 0 Å². The molecule has 5 nitrogen and oxygen atoms in total. The fourth-order valence-electron chi connectivity index (χ4n) is 3.65. The number of hydrogen-bond donors (Lipinski definition) is 1. The van der Waals surface area contributed by atoms with Crippen molar-refractivity contribution in [3.05, 3.63) is 42.2 Å². The highest BCUT2D eigenvalue weighted by Gasteiger charge is 2.28. The Bertz CT molecular complexity index is 917. The van der Waals surface area contributed by atoms with Crippen LogP contribution in [0.2, 0.25) is 0 Å². The fourth-order valence-corrected chi connectivity index (χ4v) is 4.81. The zero-order valence-corrected chi connectivity index (χ0v) is 17.0. The summed E-state index contributed by atoms with van der Waals surface area (Å²) in [4.78, 5) is 13.9. The molecule has 1 saturated heterocycles. The summed E-state index contributed by atoms with van der Waals surface area (Å²) in [6, 6.07) is 10.5. The second-order valence-corrected chi connectivity index (χ2v) is 8.59. The minimum atomic E-state index is 0.0350. The summed E-state index contributed by atoms with van der Waals surface area (Å²) in [5.41, 5.74) is 2.51. The quantitative estimate of drug-likeness (QED) is 0.717. The average Bonchev–Trinajstić information content (AvgIpc) is 3.05. The standard InChI is InChI=1S/C21H26N4OS/c1-15-17-19(22-13-21(2,3)25-9-11-26-12-10-25)23-14-24-20(17)27-18(15)16-7-5-4-6-8-16/h4-8,14H,9-13H2,1-3H3,(H,22,23,24). The molecule has 1 aliphatic rings. The Kier molecular flexibility index (Phi) is 5.12. The molecule has 6 heteroatoms. The Hall–Kier alpha value is -2.02. The third-order valence-corrected chi connectivity index (χ3v) is 6.57. The topological polar surface area (TPSA) is 50.3 Å². The van der Waals surface area contributed by atoms with E-state index in [1.807, 2.05) is 6.07 Å². The van der Waals surface area contributed by atoms with Crippen molar-refractivity contribution in [3.8, 4) is 10.4 Å². The summed E-state index contributed by atoms with van der Waals surface area (Å²) in [5.74, 6) is 0.928. The van der Waals surface area contributed by atoms with Crippen molar-refractivity contribution in [1.29, 1.82) is 0 Å². The molecule has 0 saturated carbocycles. The molecule has 4 rings (SSSR count). The molecule has 3 heterocycles. The minimum Gasteiger partial charge on any atom is -0.379 e. The predicted octanol–water partition coefficient (Wildman–Crippen LogP) is 4.19. The molecule has 1 aromatic carbocycles. The second kappa shape index (κ2) is 7.54. The maximum atomic E-state index is 5.49. The van der Waals surface area contributed by atoms with Crippen LogP contribution in [-0.2, 0) is 4.74 Å². The Morgan fingerprint density at radius 1 is 1.15 bits per heavy atom. The summed E-state index contributed by atoms with van der Waals surface area (Å²) < 4.78 is 5.49. The molecular weight excluding hydrogens is 356 g/mol. The van der Waals surface area contributed by atoms with E-state index in [9.17, 15) is 0 Å². The van der Waals surface area contributed by atoms with Gasteiger partial charge in [0.2, 0.25) is 0 Å². The van der Waals surface area contributed by atoms with Gasteiger partial charge in [0.05, 0.1) is 18.6 Å². The number of nitrogens with one attached hydrogen (secondary N) is 1. The molecule has 0 spiro atoms. The first kappa shape index (κ1) is 18.3. The maximum absolute atomic E-state index is 5.49. The average molecular weight is 383 g/mol. The monoisotopic (exact) mass is 382 g/mol. The molecule has 1 fully saturated rings. The highest BCUT2D eigenvalue weighted by Crippen LogP contribution is 2.39. The minimum absolute atomic E-state index is 0.0350. The molecule has 0 aliphatic carbocycles. The van der Waals surface area contributed by atoms with Crippen molar-refractivity contribution in [2.45, 2.75) is 26.3 Å². The number of thiophene rings is 1. The van der Waals surface area contributed by atoms with Crippen LogP contribution in [0.3, 0.4) is 0 Å². The first-order valence-corrected chi connectivity index (χ1v) is 10.2. The maximum Gasteiger partial charge on any atom is 0.138 e. The predicted molar refractivity (Wildman–Crippen MR) is 113 cm³/mol. The summed E-state index contributed by atoms with van der Waals surface area (Å²) in [6.07, 6.45) is 1.66. The van der Waals surface area contributed by atoms with Gasteiger partial charge in [-0.15, -0.1) is 11.3 Å². The van der Waals surface area contributed by atoms with Gasteiger partial charge in [-0.1, -0.05) is 30.3 Å². The number of aryl methyl sites for hydroxylation is 1. The summed E-state index contributed by atoms with van der Waals surface area (Å²) >= 11 is 1.73. The van der Waals surface area contributed by atoms with Gasteiger partial charge in [-0.3, -0.25) is 4.90 Å². The van der Waals surface area contributed by atoms with E-state index in [2.05, 4.69) is 65.2 Å². The summed E-state index contributed by atoms with van der Waals surface area (Å²) in [5, 5.41) is 4.74. The molecule has 27 heavy (non-hydrogen) atoms. The van der Waals surface area contributed by atoms with E-state index in [-0.39, 0.29) is 5.54 Å². The van der Waals surface area contributed by atoms with Gasteiger partial charge in [-0.2, -0.15) is 0 Å². The van der Waals surface area contributed by atoms with Gasteiger partial charge in [0, 0.05) is 30.1 Å². The van der Waals surface area contributed by atoms with Crippen LogP contribution < -0.4 is 5.32 Å². The number of fused-ring (bicyclic) bond motifs is 1. The molecular formula is C21H26N4OS. The lowest BCUT2D eigenvalue weighted by Crippen LogP contribution is -2.53. The highest BCUT2D eigenvalue weighted by molar-refractivity contribution is 7.22. The van der Waals surface area contributed by atoms with Gasteiger partial charge in [0.15, 0.2) is 0 Å². The number of morpholine rings is 1.